The molecular weight excluding hydrogens is 278 g/mol. The monoisotopic (exact) mass is 289 g/mol. The van der Waals surface area contributed by atoms with E-state index in [4.69, 9.17) is 0 Å². The van der Waals surface area contributed by atoms with Gasteiger partial charge in [0.2, 0.25) is 16.8 Å². The van der Waals surface area contributed by atoms with Crippen LogP contribution in [0.3, 0.4) is 0 Å². The van der Waals surface area contributed by atoms with E-state index in [1.54, 1.807) is 6.07 Å². The fourth-order valence-corrected chi connectivity index (χ4v) is 3.02. The van der Waals surface area contributed by atoms with Crippen LogP contribution in [0.2, 0.25) is 0 Å². The Morgan fingerprint density at radius 1 is 0.864 bits per heavy atom. The molecule has 0 unspecified atom stereocenters. The van der Waals surface area contributed by atoms with Gasteiger partial charge >= 0.3 is 0 Å². The molecule has 22 heavy (non-hydrogen) atoms. The Kier molecular flexibility index (Phi) is 2.45. The highest BCUT2D eigenvalue weighted by Gasteiger charge is 2.20. The lowest BCUT2D eigenvalue weighted by molar-refractivity contribution is -0.114. The molecule has 1 N–H and O–H groups in total. The highest BCUT2D eigenvalue weighted by Crippen LogP contribution is 2.32. The van der Waals surface area contributed by atoms with Gasteiger partial charge in [0.25, 0.3) is 0 Å². The Bertz CT molecular complexity index is 1160. The standard InChI is InChI=1S/C18H11NO3/c1-9(20)19-14-8-12-6-10-4-2-3-5-11(10)7-13(12)15-16(14)18(22)17(15)21/h2-8H,1H3,(H,19,20). The van der Waals surface area contributed by atoms with Crippen molar-refractivity contribution < 1.29 is 4.79 Å². The number of rotatable bonds is 1. The summed E-state index contributed by atoms with van der Waals surface area (Å²) in [6.07, 6.45) is 0. The highest BCUT2D eigenvalue weighted by atomic mass is 16.2. The zero-order chi connectivity index (χ0) is 15.4. The predicted octanol–water partition coefficient (Wildman–Crippen LogP) is 2.70. The zero-order valence-electron chi connectivity index (χ0n) is 11.8. The van der Waals surface area contributed by atoms with Crippen molar-refractivity contribution in [3.63, 3.8) is 0 Å². The Balaban J connectivity index is 2.19. The van der Waals surface area contributed by atoms with Crippen LogP contribution in [0.5, 0.6) is 0 Å². The summed E-state index contributed by atoms with van der Waals surface area (Å²) in [5, 5.41) is 7.03. The van der Waals surface area contributed by atoms with E-state index in [9.17, 15) is 14.4 Å². The SMILES string of the molecule is CC(=O)Nc1cc2cc3ccccc3cc2c2c(=O)c(=O)c12. The summed E-state index contributed by atoms with van der Waals surface area (Å²) in [4.78, 5) is 35.2. The molecule has 4 heteroatoms. The molecule has 0 saturated carbocycles. The molecule has 4 nitrogen and oxygen atoms in total. The van der Waals surface area contributed by atoms with Gasteiger partial charge in [-0.3, -0.25) is 14.4 Å². The van der Waals surface area contributed by atoms with Gasteiger partial charge in [-0.1, -0.05) is 24.3 Å². The third-order valence-corrected chi connectivity index (χ3v) is 3.98. The van der Waals surface area contributed by atoms with E-state index in [2.05, 4.69) is 5.32 Å². The molecule has 0 saturated heterocycles. The first-order valence-electron chi connectivity index (χ1n) is 6.92. The lowest BCUT2D eigenvalue weighted by atomic mass is 9.93. The molecule has 0 bridgehead atoms. The summed E-state index contributed by atoms with van der Waals surface area (Å²) in [5.74, 6) is -0.269. The van der Waals surface area contributed by atoms with Crippen LogP contribution in [0.1, 0.15) is 6.92 Å². The number of fused-ring (bicyclic) bond motifs is 4. The molecule has 0 aliphatic carbocycles. The molecule has 0 aromatic heterocycles. The highest BCUT2D eigenvalue weighted by molar-refractivity contribution is 6.19. The van der Waals surface area contributed by atoms with E-state index >= 15 is 0 Å². The molecule has 0 fully saturated rings. The van der Waals surface area contributed by atoms with Crippen molar-refractivity contribution in [2.45, 2.75) is 6.92 Å². The van der Waals surface area contributed by atoms with Gasteiger partial charge in [0.05, 0.1) is 11.1 Å². The van der Waals surface area contributed by atoms with E-state index < -0.39 is 10.9 Å². The van der Waals surface area contributed by atoms with Gasteiger partial charge in [-0.05, 0) is 39.7 Å². The number of carbonyl (C=O) groups excluding carboxylic acids is 1. The molecule has 4 rings (SSSR count). The lowest BCUT2D eigenvalue weighted by Crippen LogP contribution is -2.32. The molecule has 4 aromatic carbocycles. The second-order valence-corrected chi connectivity index (χ2v) is 5.43. The van der Waals surface area contributed by atoms with E-state index in [-0.39, 0.29) is 5.91 Å². The molecule has 0 spiro atoms. The lowest BCUT2D eigenvalue weighted by Gasteiger charge is -2.12. The van der Waals surface area contributed by atoms with Gasteiger partial charge in [0.1, 0.15) is 0 Å². The summed E-state index contributed by atoms with van der Waals surface area (Å²) >= 11 is 0. The van der Waals surface area contributed by atoms with Crippen LogP contribution >= 0.6 is 0 Å². The van der Waals surface area contributed by atoms with Crippen molar-refractivity contribution in [1.29, 1.82) is 0 Å². The Hall–Kier alpha value is -3.01. The molecule has 106 valence electrons. The van der Waals surface area contributed by atoms with E-state index in [0.29, 0.717) is 16.5 Å². The van der Waals surface area contributed by atoms with Crippen LogP contribution in [0.25, 0.3) is 32.3 Å². The largest absolute Gasteiger partial charge is 0.326 e. The van der Waals surface area contributed by atoms with Crippen LogP contribution in [-0.4, -0.2) is 5.91 Å². The first-order valence-corrected chi connectivity index (χ1v) is 6.92. The molecule has 1 amide bonds. The average molecular weight is 289 g/mol. The van der Waals surface area contributed by atoms with Gasteiger partial charge in [0.15, 0.2) is 0 Å². The molecule has 0 aliphatic rings. The molecular formula is C18H11NO3. The van der Waals surface area contributed by atoms with Crippen molar-refractivity contribution in [3.8, 4) is 0 Å². The number of anilines is 1. The maximum Gasteiger partial charge on any atom is 0.236 e. The van der Waals surface area contributed by atoms with Crippen LogP contribution < -0.4 is 16.2 Å². The molecule has 4 aromatic rings. The fourth-order valence-electron chi connectivity index (χ4n) is 3.02. The van der Waals surface area contributed by atoms with Crippen LogP contribution in [-0.2, 0) is 4.79 Å². The summed E-state index contributed by atoms with van der Waals surface area (Å²) < 4.78 is 0. The van der Waals surface area contributed by atoms with Crippen molar-refractivity contribution >= 4 is 43.9 Å². The summed E-state index contributed by atoms with van der Waals surface area (Å²) in [7, 11) is 0. The molecule has 0 radical (unpaired) electrons. The third-order valence-electron chi connectivity index (χ3n) is 3.98. The number of nitrogens with one attached hydrogen (secondary N) is 1. The number of carbonyl (C=O) groups is 1. The normalized spacial score (nSPS) is 11.5. The second kappa shape index (κ2) is 4.24. The summed E-state index contributed by atoms with van der Waals surface area (Å²) in [6, 6.07) is 13.5. The molecule has 0 atom stereocenters. The Labute approximate surface area is 124 Å². The average Bonchev–Trinajstić information content (AvgIpc) is 2.50. The first kappa shape index (κ1) is 12.7. The Morgan fingerprint density at radius 2 is 1.50 bits per heavy atom. The van der Waals surface area contributed by atoms with Crippen LogP contribution in [0.15, 0.2) is 52.1 Å². The van der Waals surface area contributed by atoms with E-state index in [1.165, 1.54) is 6.92 Å². The van der Waals surface area contributed by atoms with Crippen molar-refractivity contribution in [3.05, 3.63) is 62.9 Å². The van der Waals surface area contributed by atoms with Gasteiger partial charge in [0, 0.05) is 12.3 Å². The summed E-state index contributed by atoms with van der Waals surface area (Å²) in [5.41, 5.74) is -0.605. The van der Waals surface area contributed by atoms with Gasteiger partial charge in [-0.15, -0.1) is 0 Å². The number of hydrogen-bond donors (Lipinski definition) is 1. The van der Waals surface area contributed by atoms with Crippen LogP contribution in [0, 0.1) is 0 Å². The minimum atomic E-state index is -0.534. The maximum atomic E-state index is 12.0. The van der Waals surface area contributed by atoms with Gasteiger partial charge < -0.3 is 5.32 Å². The van der Waals surface area contributed by atoms with Crippen LogP contribution in [0.4, 0.5) is 5.69 Å². The number of hydrogen-bond acceptors (Lipinski definition) is 3. The second-order valence-electron chi connectivity index (χ2n) is 5.43. The number of benzene rings is 3. The minimum Gasteiger partial charge on any atom is -0.326 e. The predicted molar refractivity (Wildman–Crippen MR) is 88.2 cm³/mol. The topological polar surface area (TPSA) is 63.2 Å². The van der Waals surface area contributed by atoms with Crippen molar-refractivity contribution in [1.82, 2.24) is 0 Å². The third kappa shape index (κ3) is 1.61. The molecule has 0 aliphatic heterocycles. The van der Waals surface area contributed by atoms with Gasteiger partial charge in [-0.2, -0.15) is 0 Å². The van der Waals surface area contributed by atoms with E-state index in [1.807, 2.05) is 36.4 Å². The summed E-state index contributed by atoms with van der Waals surface area (Å²) in [6.45, 7) is 1.38. The van der Waals surface area contributed by atoms with Crippen molar-refractivity contribution in [2.75, 3.05) is 5.32 Å². The maximum absolute atomic E-state index is 12.0. The van der Waals surface area contributed by atoms with Gasteiger partial charge in [-0.25, -0.2) is 0 Å². The number of amides is 1. The van der Waals surface area contributed by atoms with Crippen molar-refractivity contribution in [2.24, 2.45) is 0 Å². The first-order chi connectivity index (χ1) is 10.6. The smallest absolute Gasteiger partial charge is 0.236 e. The minimum absolute atomic E-state index is 0.269. The quantitative estimate of drug-likeness (QED) is 0.433. The Morgan fingerprint density at radius 3 is 2.18 bits per heavy atom. The zero-order valence-corrected chi connectivity index (χ0v) is 11.8. The molecule has 0 heterocycles. The fraction of sp³-hybridized carbons (Fsp3) is 0.0556. The van der Waals surface area contributed by atoms with E-state index in [0.717, 1.165) is 21.5 Å².